The van der Waals surface area contributed by atoms with Crippen molar-refractivity contribution in [3.63, 3.8) is 0 Å². The summed E-state index contributed by atoms with van der Waals surface area (Å²) in [6.45, 7) is 2.37. The maximum atomic E-state index is 10.8. The Labute approximate surface area is 152 Å². The molecule has 26 heavy (non-hydrogen) atoms. The molecule has 0 bridgehead atoms. The van der Waals surface area contributed by atoms with Crippen LogP contribution in [0.15, 0.2) is 48.5 Å². The Morgan fingerprint density at radius 3 is 2.12 bits per heavy atom. The average Bonchev–Trinajstić information content (AvgIpc) is 2.61. The van der Waals surface area contributed by atoms with E-state index >= 15 is 0 Å². The first-order chi connectivity index (χ1) is 12.3. The van der Waals surface area contributed by atoms with Gasteiger partial charge < -0.3 is 14.9 Å². The number of likely N-dealkylation sites (N-methyl/N-ethyl adjacent to an activating group) is 1. The molecule has 0 saturated carbocycles. The molecule has 1 atom stereocenters. The number of hydrogen-bond donors (Lipinski definition) is 2. The highest BCUT2D eigenvalue weighted by atomic mass is 16.5. The number of rotatable bonds is 9. The molecule has 0 aromatic heterocycles. The van der Waals surface area contributed by atoms with Crippen LogP contribution in [0.1, 0.15) is 28.4 Å². The van der Waals surface area contributed by atoms with E-state index in [1.165, 1.54) is 0 Å². The second-order valence-corrected chi connectivity index (χ2v) is 6.30. The van der Waals surface area contributed by atoms with Crippen molar-refractivity contribution in [3.8, 4) is 5.75 Å². The fourth-order valence-corrected chi connectivity index (χ4v) is 2.50. The Morgan fingerprint density at radius 2 is 1.58 bits per heavy atom. The largest absolute Gasteiger partial charge is 0.489 e. The van der Waals surface area contributed by atoms with Gasteiger partial charge in [0, 0.05) is 6.04 Å². The van der Waals surface area contributed by atoms with Gasteiger partial charge in [0.05, 0.1) is 12.1 Å². The summed E-state index contributed by atoms with van der Waals surface area (Å²) in [5, 5.41) is 17.7. The first-order valence-corrected chi connectivity index (χ1v) is 8.31. The van der Waals surface area contributed by atoms with Gasteiger partial charge in [-0.1, -0.05) is 24.3 Å². The first kappa shape index (κ1) is 19.5. The van der Waals surface area contributed by atoms with E-state index in [9.17, 15) is 9.59 Å². The van der Waals surface area contributed by atoms with Crippen LogP contribution in [0.3, 0.4) is 0 Å². The minimum Gasteiger partial charge on any atom is -0.489 e. The monoisotopic (exact) mass is 357 g/mol. The average molecular weight is 357 g/mol. The van der Waals surface area contributed by atoms with Gasteiger partial charge in [-0.3, -0.25) is 9.69 Å². The summed E-state index contributed by atoms with van der Waals surface area (Å²) in [6, 6.07) is 14.4. The van der Waals surface area contributed by atoms with Crippen molar-refractivity contribution in [2.45, 2.75) is 26.0 Å². The lowest BCUT2D eigenvalue weighted by molar-refractivity contribution is -0.138. The van der Waals surface area contributed by atoms with E-state index < -0.39 is 11.9 Å². The van der Waals surface area contributed by atoms with Crippen LogP contribution in [-0.2, 0) is 17.8 Å². The number of carboxylic acids is 2. The summed E-state index contributed by atoms with van der Waals surface area (Å²) in [7, 11) is 1.80. The van der Waals surface area contributed by atoms with Crippen LogP contribution in [0.25, 0.3) is 0 Å². The molecular formula is C20H23NO5. The van der Waals surface area contributed by atoms with Gasteiger partial charge in [0.25, 0.3) is 0 Å². The summed E-state index contributed by atoms with van der Waals surface area (Å²) >= 11 is 0. The molecule has 2 aromatic rings. The predicted octanol–water partition coefficient (Wildman–Crippen LogP) is 2.91. The molecule has 2 aromatic carbocycles. The van der Waals surface area contributed by atoms with Gasteiger partial charge in [-0.2, -0.15) is 0 Å². The molecule has 0 saturated heterocycles. The molecule has 0 aliphatic carbocycles. The number of aromatic carboxylic acids is 1. The molecule has 0 radical (unpaired) electrons. The number of nitrogens with zero attached hydrogens (tertiary/aromatic N) is 1. The van der Waals surface area contributed by atoms with Gasteiger partial charge in [-0.05, 0) is 55.8 Å². The van der Waals surface area contributed by atoms with E-state index in [0.717, 1.165) is 23.3 Å². The van der Waals surface area contributed by atoms with Crippen LogP contribution >= 0.6 is 0 Å². The Balaban J connectivity index is 1.87. The quantitative estimate of drug-likeness (QED) is 0.717. The highest BCUT2D eigenvalue weighted by Crippen LogP contribution is 2.16. The molecule has 2 rings (SSSR count). The van der Waals surface area contributed by atoms with Crippen molar-refractivity contribution >= 4 is 11.9 Å². The molecule has 0 amide bonds. The summed E-state index contributed by atoms with van der Waals surface area (Å²) < 4.78 is 5.72. The Kier molecular flexibility index (Phi) is 6.74. The maximum Gasteiger partial charge on any atom is 0.335 e. The van der Waals surface area contributed by atoms with Crippen LogP contribution in [0.2, 0.25) is 0 Å². The zero-order valence-corrected chi connectivity index (χ0v) is 14.9. The van der Waals surface area contributed by atoms with Crippen molar-refractivity contribution in [2.75, 3.05) is 13.6 Å². The topological polar surface area (TPSA) is 87.1 Å². The van der Waals surface area contributed by atoms with Crippen molar-refractivity contribution in [2.24, 2.45) is 0 Å². The first-order valence-electron chi connectivity index (χ1n) is 8.31. The number of hydrogen-bond acceptors (Lipinski definition) is 4. The van der Waals surface area contributed by atoms with E-state index in [1.54, 1.807) is 36.2 Å². The third-order valence-corrected chi connectivity index (χ3v) is 4.20. The van der Waals surface area contributed by atoms with Crippen LogP contribution in [0.5, 0.6) is 5.75 Å². The minimum absolute atomic E-state index is 0.0169. The lowest BCUT2D eigenvalue weighted by atomic mass is 10.1. The highest BCUT2D eigenvalue weighted by molar-refractivity contribution is 5.87. The zero-order valence-electron chi connectivity index (χ0n) is 14.9. The van der Waals surface area contributed by atoms with Crippen LogP contribution in [0, 0.1) is 0 Å². The molecule has 0 heterocycles. The molecule has 138 valence electrons. The van der Waals surface area contributed by atoms with Crippen molar-refractivity contribution in [3.05, 3.63) is 65.2 Å². The Hall–Kier alpha value is -2.86. The lowest BCUT2D eigenvalue weighted by Crippen LogP contribution is -2.35. The molecular weight excluding hydrogens is 334 g/mol. The van der Waals surface area contributed by atoms with Gasteiger partial charge in [-0.15, -0.1) is 0 Å². The maximum absolute atomic E-state index is 10.8. The molecule has 0 spiro atoms. The second-order valence-electron chi connectivity index (χ2n) is 6.30. The fourth-order valence-electron chi connectivity index (χ4n) is 2.50. The van der Waals surface area contributed by atoms with Crippen molar-refractivity contribution < 1.29 is 24.5 Å². The summed E-state index contributed by atoms with van der Waals surface area (Å²) in [5.74, 6) is -1.06. The van der Waals surface area contributed by atoms with E-state index in [-0.39, 0.29) is 18.2 Å². The zero-order chi connectivity index (χ0) is 19.1. The molecule has 2 N–H and O–H groups in total. The summed E-state index contributed by atoms with van der Waals surface area (Å²) in [4.78, 5) is 23.4. The molecule has 6 nitrogen and oxygen atoms in total. The third-order valence-electron chi connectivity index (χ3n) is 4.20. The number of aliphatic carboxylic acids is 1. The van der Waals surface area contributed by atoms with E-state index in [1.807, 2.05) is 31.2 Å². The van der Waals surface area contributed by atoms with Crippen molar-refractivity contribution in [1.29, 1.82) is 0 Å². The van der Waals surface area contributed by atoms with E-state index in [0.29, 0.717) is 6.61 Å². The molecule has 0 aliphatic heterocycles. The Morgan fingerprint density at radius 1 is 1.00 bits per heavy atom. The number of carbonyl (C=O) groups is 2. The van der Waals surface area contributed by atoms with Crippen molar-refractivity contribution in [1.82, 2.24) is 4.90 Å². The normalized spacial score (nSPS) is 12.0. The SMILES string of the molecule is C[C@H](Cc1ccc(OCc2ccc(C(=O)O)cc2)cc1)N(C)CC(=O)O. The lowest BCUT2D eigenvalue weighted by Gasteiger charge is -2.22. The summed E-state index contributed by atoms with van der Waals surface area (Å²) in [6.07, 6.45) is 0.751. The summed E-state index contributed by atoms with van der Waals surface area (Å²) in [5.41, 5.74) is 2.25. The molecule has 0 aliphatic rings. The number of carboxylic acid groups (broad SMARTS) is 2. The third kappa shape index (κ3) is 5.89. The van der Waals surface area contributed by atoms with Gasteiger partial charge in [-0.25, -0.2) is 4.79 Å². The van der Waals surface area contributed by atoms with Gasteiger partial charge in [0.2, 0.25) is 0 Å². The standard InChI is InChI=1S/C20H23NO5/c1-14(21(2)12-19(22)23)11-15-5-9-18(10-6-15)26-13-16-3-7-17(8-4-16)20(24)25/h3-10,14H,11-13H2,1-2H3,(H,22,23)(H,24,25)/t14-/m1/s1. The van der Waals surface area contributed by atoms with Crippen LogP contribution in [-0.4, -0.2) is 46.7 Å². The fraction of sp³-hybridized carbons (Fsp3) is 0.300. The van der Waals surface area contributed by atoms with E-state index in [4.69, 9.17) is 14.9 Å². The molecule has 0 fully saturated rings. The van der Waals surface area contributed by atoms with Crippen LogP contribution < -0.4 is 4.74 Å². The van der Waals surface area contributed by atoms with Gasteiger partial charge in [0.15, 0.2) is 0 Å². The molecule has 0 unspecified atom stereocenters. The minimum atomic E-state index is -0.948. The van der Waals surface area contributed by atoms with E-state index in [2.05, 4.69) is 0 Å². The Bertz CT molecular complexity index is 740. The highest BCUT2D eigenvalue weighted by Gasteiger charge is 2.13. The van der Waals surface area contributed by atoms with Gasteiger partial charge in [0.1, 0.15) is 12.4 Å². The predicted molar refractivity (Wildman–Crippen MR) is 97.6 cm³/mol. The second kappa shape index (κ2) is 9.01. The van der Waals surface area contributed by atoms with Gasteiger partial charge >= 0.3 is 11.9 Å². The smallest absolute Gasteiger partial charge is 0.335 e. The van der Waals surface area contributed by atoms with Crippen LogP contribution in [0.4, 0.5) is 0 Å². The number of ether oxygens (including phenoxy) is 1. The number of benzene rings is 2. The molecule has 6 heteroatoms.